The molecule has 0 fully saturated rings. The minimum absolute atomic E-state index is 0.202. The monoisotopic (exact) mass is 252 g/mol. The molecular weight excluding hydrogens is 236 g/mol. The van der Waals surface area contributed by atoms with Crippen molar-refractivity contribution in [3.63, 3.8) is 0 Å². The minimum atomic E-state index is 0.202. The van der Waals surface area contributed by atoms with Gasteiger partial charge in [0.05, 0.1) is 0 Å². The van der Waals surface area contributed by atoms with E-state index in [0.29, 0.717) is 0 Å². The quantitative estimate of drug-likeness (QED) is 0.704. The molecule has 0 amide bonds. The van der Waals surface area contributed by atoms with Crippen molar-refractivity contribution in [1.29, 1.82) is 0 Å². The molecule has 0 bridgehead atoms. The highest BCUT2D eigenvalue weighted by molar-refractivity contribution is 5.51. The lowest BCUT2D eigenvalue weighted by molar-refractivity contribution is 0.869. The molecule has 3 rings (SSSR count). The van der Waals surface area contributed by atoms with Crippen LogP contribution in [0.1, 0.15) is 18.5 Å². The van der Waals surface area contributed by atoms with Gasteiger partial charge < -0.3 is 11.1 Å². The highest BCUT2D eigenvalue weighted by atomic mass is 15.1. The van der Waals surface area contributed by atoms with Crippen LogP contribution in [0.25, 0.3) is 5.65 Å². The number of nitrogens with one attached hydrogen (secondary N) is 1. The second-order valence-electron chi connectivity index (χ2n) is 4.60. The van der Waals surface area contributed by atoms with Gasteiger partial charge in [-0.3, -0.25) is 4.40 Å². The van der Waals surface area contributed by atoms with Crippen molar-refractivity contribution in [2.75, 3.05) is 11.1 Å². The largest absolute Gasteiger partial charge is 0.399 e. The number of fused-ring (bicyclic) bond motifs is 1. The molecule has 2 aromatic heterocycles. The Hall–Kier alpha value is -2.49. The first-order chi connectivity index (χ1) is 9.24. The Kier molecular flexibility index (Phi) is 2.83. The lowest BCUT2D eigenvalue weighted by atomic mass is 10.1. The summed E-state index contributed by atoms with van der Waals surface area (Å²) in [5, 5.41) is 3.49. The number of nitrogens with two attached hydrogens (primary N) is 1. The first-order valence-electron chi connectivity index (χ1n) is 6.28. The summed E-state index contributed by atoms with van der Waals surface area (Å²) in [4.78, 5) is 4.28. The molecule has 0 saturated carbocycles. The maximum absolute atomic E-state index is 5.71. The fourth-order valence-corrected chi connectivity index (χ4v) is 2.16. The number of anilines is 2. The Balaban J connectivity index is 1.88. The van der Waals surface area contributed by atoms with E-state index in [1.807, 2.05) is 53.1 Å². The second kappa shape index (κ2) is 4.65. The van der Waals surface area contributed by atoms with E-state index in [1.54, 1.807) is 6.20 Å². The van der Waals surface area contributed by atoms with Gasteiger partial charge in [-0.05, 0) is 36.8 Å². The molecule has 3 N–H and O–H groups in total. The molecule has 96 valence electrons. The van der Waals surface area contributed by atoms with Gasteiger partial charge in [0.1, 0.15) is 11.5 Å². The highest BCUT2D eigenvalue weighted by Crippen LogP contribution is 2.20. The van der Waals surface area contributed by atoms with Gasteiger partial charge in [-0.15, -0.1) is 0 Å². The predicted octanol–water partition coefficient (Wildman–Crippen LogP) is 3.09. The summed E-state index contributed by atoms with van der Waals surface area (Å²) in [5.74, 6) is 1.03. The maximum atomic E-state index is 5.71. The molecular formula is C15H16N4. The van der Waals surface area contributed by atoms with Crippen molar-refractivity contribution >= 4 is 17.2 Å². The number of imidazole rings is 1. The smallest absolute Gasteiger partial charge is 0.138 e. The predicted molar refractivity (Wildman–Crippen MR) is 78.1 cm³/mol. The maximum Gasteiger partial charge on any atom is 0.138 e. The van der Waals surface area contributed by atoms with Crippen LogP contribution in [0, 0.1) is 0 Å². The van der Waals surface area contributed by atoms with Crippen LogP contribution in [0.15, 0.2) is 54.9 Å². The van der Waals surface area contributed by atoms with Gasteiger partial charge >= 0.3 is 0 Å². The average molecular weight is 252 g/mol. The summed E-state index contributed by atoms with van der Waals surface area (Å²) in [7, 11) is 0. The first kappa shape index (κ1) is 11.6. The van der Waals surface area contributed by atoms with Crippen LogP contribution < -0.4 is 11.1 Å². The van der Waals surface area contributed by atoms with Crippen LogP contribution in [0.4, 0.5) is 11.5 Å². The molecule has 0 aliphatic rings. The summed E-state index contributed by atoms with van der Waals surface area (Å²) in [5.41, 5.74) is 8.63. The van der Waals surface area contributed by atoms with Gasteiger partial charge in [0, 0.05) is 24.1 Å². The van der Waals surface area contributed by atoms with Crippen molar-refractivity contribution in [3.05, 3.63) is 60.4 Å². The number of nitrogen functional groups attached to an aromatic ring is 1. The minimum Gasteiger partial charge on any atom is -0.399 e. The Morgan fingerprint density at radius 3 is 2.74 bits per heavy atom. The number of hydrogen-bond donors (Lipinski definition) is 2. The van der Waals surface area contributed by atoms with Gasteiger partial charge in [-0.25, -0.2) is 4.98 Å². The normalized spacial score (nSPS) is 12.5. The van der Waals surface area contributed by atoms with E-state index in [-0.39, 0.29) is 6.04 Å². The van der Waals surface area contributed by atoms with Crippen molar-refractivity contribution in [2.24, 2.45) is 0 Å². The van der Waals surface area contributed by atoms with Gasteiger partial charge in [0.2, 0.25) is 0 Å². The summed E-state index contributed by atoms with van der Waals surface area (Å²) in [6.45, 7) is 2.13. The zero-order valence-electron chi connectivity index (χ0n) is 10.7. The third-order valence-corrected chi connectivity index (χ3v) is 3.23. The third-order valence-electron chi connectivity index (χ3n) is 3.23. The number of hydrogen-bond acceptors (Lipinski definition) is 3. The Morgan fingerprint density at radius 1 is 1.16 bits per heavy atom. The molecule has 0 aliphatic heterocycles. The molecule has 1 unspecified atom stereocenters. The standard InChI is InChI=1S/C15H16N4/c1-11(12-5-7-13(16)8-6-12)18-15-4-2-3-14-17-9-10-19(14)15/h2-11,18H,16H2,1H3. The first-order valence-corrected chi connectivity index (χ1v) is 6.28. The molecule has 0 saturated heterocycles. The van der Waals surface area contributed by atoms with Gasteiger partial charge in [0.25, 0.3) is 0 Å². The number of nitrogens with zero attached hydrogens (tertiary/aromatic N) is 2. The molecule has 1 atom stereocenters. The van der Waals surface area contributed by atoms with E-state index >= 15 is 0 Å². The fourth-order valence-electron chi connectivity index (χ4n) is 2.16. The molecule has 3 aromatic rings. The van der Waals surface area contributed by atoms with E-state index in [1.165, 1.54) is 5.56 Å². The van der Waals surface area contributed by atoms with E-state index in [4.69, 9.17) is 5.73 Å². The van der Waals surface area contributed by atoms with E-state index in [0.717, 1.165) is 17.2 Å². The number of aromatic nitrogens is 2. The summed E-state index contributed by atoms with van der Waals surface area (Å²) in [6.07, 6.45) is 3.75. The van der Waals surface area contributed by atoms with E-state index in [9.17, 15) is 0 Å². The second-order valence-corrected chi connectivity index (χ2v) is 4.60. The van der Waals surface area contributed by atoms with Crippen molar-refractivity contribution in [3.8, 4) is 0 Å². The molecule has 1 aromatic carbocycles. The van der Waals surface area contributed by atoms with Crippen LogP contribution in [-0.4, -0.2) is 9.38 Å². The van der Waals surface area contributed by atoms with Crippen LogP contribution in [0.2, 0.25) is 0 Å². The molecule has 0 aliphatic carbocycles. The van der Waals surface area contributed by atoms with Gasteiger partial charge in [-0.2, -0.15) is 0 Å². The van der Waals surface area contributed by atoms with Crippen LogP contribution >= 0.6 is 0 Å². The van der Waals surface area contributed by atoms with Crippen LogP contribution in [-0.2, 0) is 0 Å². The van der Waals surface area contributed by atoms with Gasteiger partial charge in [-0.1, -0.05) is 18.2 Å². The zero-order chi connectivity index (χ0) is 13.2. The summed E-state index contributed by atoms with van der Waals surface area (Å²) < 4.78 is 2.04. The lowest BCUT2D eigenvalue weighted by Gasteiger charge is -2.17. The number of rotatable bonds is 3. The Morgan fingerprint density at radius 2 is 1.95 bits per heavy atom. The lowest BCUT2D eigenvalue weighted by Crippen LogP contribution is -2.09. The Labute approximate surface area is 111 Å². The Bertz CT molecular complexity index is 685. The topological polar surface area (TPSA) is 55.4 Å². The highest BCUT2D eigenvalue weighted by Gasteiger charge is 2.07. The fraction of sp³-hybridized carbons (Fsp3) is 0.133. The van der Waals surface area contributed by atoms with Crippen molar-refractivity contribution in [2.45, 2.75) is 13.0 Å². The molecule has 19 heavy (non-hydrogen) atoms. The van der Waals surface area contributed by atoms with Crippen LogP contribution in [0.5, 0.6) is 0 Å². The van der Waals surface area contributed by atoms with Gasteiger partial charge in [0.15, 0.2) is 0 Å². The van der Waals surface area contributed by atoms with E-state index in [2.05, 4.69) is 17.2 Å². The summed E-state index contributed by atoms with van der Waals surface area (Å²) >= 11 is 0. The number of pyridine rings is 1. The molecule has 4 nitrogen and oxygen atoms in total. The SMILES string of the molecule is CC(Nc1cccc2nccn12)c1ccc(N)cc1. The van der Waals surface area contributed by atoms with Crippen molar-refractivity contribution < 1.29 is 0 Å². The number of benzene rings is 1. The third kappa shape index (κ3) is 2.25. The molecule has 4 heteroatoms. The molecule has 0 radical (unpaired) electrons. The van der Waals surface area contributed by atoms with Crippen molar-refractivity contribution in [1.82, 2.24) is 9.38 Å². The van der Waals surface area contributed by atoms with Crippen LogP contribution in [0.3, 0.4) is 0 Å². The van der Waals surface area contributed by atoms with E-state index < -0.39 is 0 Å². The molecule has 0 spiro atoms. The zero-order valence-corrected chi connectivity index (χ0v) is 10.7. The summed E-state index contributed by atoms with van der Waals surface area (Å²) in [6, 6.07) is 14.2. The molecule has 2 heterocycles. The average Bonchev–Trinajstić information content (AvgIpc) is 2.89.